The minimum atomic E-state index is 0.372. The Morgan fingerprint density at radius 1 is 1.25 bits per heavy atom. The lowest BCUT2D eigenvalue weighted by atomic mass is 10.0. The zero-order chi connectivity index (χ0) is 11.7. The lowest BCUT2D eigenvalue weighted by molar-refractivity contribution is 0.112. The van der Waals surface area contributed by atoms with Gasteiger partial charge in [0, 0.05) is 5.56 Å². The van der Waals surface area contributed by atoms with Gasteiger partial charge in [-0.15, -0.1) is 0 Å². The van der Waals surface area contributed by atoms with E-state index in [1.165, 1.54) is 0 Å². The second-order valence-corrected chi connectivity index (χ2v) is 4.43. The molecule has 0 spiro atoms. The lowest BCUT2D eigenvalue weighted by Crippen LogP contribution is -1.87. The average Bonchev–Trinajstić information content (AvgIpc) is 2.58. The lowest BCUT2D eigenvalue weighted by Gasteiger charge is -2.01. The number of benzene rings is 1. The summed E-state index contributed by atoms with van der Waals surface area (Å²) in [7, 11) is 0. The van der Waals surface area contributed by atoms with Crippen LogP contribution in [0.5, 0.6) is 0 Å². The predicted molar refractivity (Wildman–Crippen MR) is 64.5 cm³/mol. The van der Waals surface area contributed by atoms with E-state index < -0.39 is 0 Å². The maximum Gasteiger partial charge on any atom is 0.213 e. The van der Waals surface area contributed by atoms with Crippen LogP contribution in [0.4, 0.5) is 0 Å². The number of carbonyl (C=O) groups is 1. The fraction of sp³-hybridized carbons (Fsp3) is 0.167. The Hall–Kier alpha value is -1.42. The number of aryl methyl sites for hydroxylation is 2. The number of aromatic nitrogens is 1. The molecule has 1 aromatic carbocycles. The molecule has 0 aliphatic rings. The normalized spacial score (nSPS) is 10.4. The molecule has 16 heavy (non-hydrogen) atoms. The molecule has 0 saturated heterocycles. The Bertz CT molecular complexity index is 526. The Balaban J connectivity index is 2.62. The number of halogens is 1. The molecule has 0 atom stereocenters. The number of carbonyl (C=O) groups excluding carboxylic acids is 1. The molecule has 2 rings (SSSR count). The standard InChI is InChI=1S/C12H10BrNO2/c1-7-3-8(2)5-9(4-7)11-10(6-15)12(13)16-14-11/h3-6H,1-2H3. The molecule has 0 aliphatic heterocycles. The molecule has 0 fully saturated rings. The third kappa shape index (κ3) is 1.93. The highest BCUT2D eigenvalue weighted by atomic mass is 79.9. The van der Waals surface area contributed by atoms with Gasteiger partial charge in [-0.1, -0.05) is 22.3 Å². The number of hydrogen-bond acceptors (Lipinski definition) is 3. The summed E-state index contributed by atoms with van der Waals surface area (Å²) in [5.74, 6) is 0. The van der Waals surface area contributed by atoms with Crippen molar-refractivity contribution in [3.05, 3.63) is 39.6 Å². The molecule has 1 heterocycles. The summed E-state index contributed by atoms with van der Waals surface area (Å²) in [6.45, 7) is 4.01. The van der Waals surface area contributed by atoms with Gasteiger partial charge in [-0.25, -0.2) is 0 Å². The van der Waals surface area contributed by atoms with Crippen LogP contribution in [0.1, 0.15) is 21.5 Å². The number of nitrogens with zero attached hydrogens (tertiary/aromatic N) is 1. The largest absolute Gasteiger partial charge is 0.348 e. The van der Waals surface area contributed by atoms with Crippen molar-refractivity contribution >= 4 is 22.2 Å². The zero-order valence-corrected chi connectivity index (χ0v) is 10.5. The van der Waals surface area contributed by atoms with Crippen molar-refractivity contribution < 1.29 is 9.32 Å². The van der Waals surface area contributed by atoms with Crippen molar-refractivity contribution in [2.75, 3.05) is 0 Å². The zero-order valence-electron chi connectivity index (χ0n) is 8.95. The minimum absolute atomic E-state index is 0.372. The molecule has 0 amide bonds. The van der Waals surface area contributed by atoms with Crippen molar-refractivity contribution in [1.29, 1.82) is 0 Å². The van der Waals surface area contributed by atoms with Gasteiger partial charge in [0.15, 0.2) is 6.29 Å². The number of hydrogen-bond donors (Lipinski definition) is 0. The van der Waals surface area contributed by atoms with Crippen LogP contribution in [0.15, 0.2) is 27.4 Å². The molecule has 4 heteroatoms. The van der Waals surface area contributed by atoms with Crippen LogP contribution in [0.25, 0.3) is 11.3 Å². The first kappa shape index (κ1) is 11.1. The van der Waals surface area contributed by atoms with Gasteiger partial charge in [-0.05, 0) is 41.9 Å². The van der Waals surface area contributed by atoms with Gasteiger partial charge in [-0.3, -0.25) is 4.79 Å². The van der Waals surface area contributed by atoms with Crippen molar-refractivity contribution in [3.8, 4) is 11.3 Å². The monoisotopic (exact) mass is 279 g/mol. The smallest absolute Gasteiger partial charge is 0.213 e. The van der Waals surface area contributed by atoms with Gasteiger partial charge in [0.25, 0.3) is 0 Å². The maximum atomic E-state index is 10.9. The van der Waals surface area contributed by atoms with Crippen molar-refractivity contribution in [2.45, 2.75) is 13.8 Å². The van der Waals surface area contributed by atoms with E-state index in [9.17, 15) is 4.79 Å². The third-order valence-electron chi connectivity index (χ3n) is 2.30. The van der Waals surface area contributed by atoms with Gasteiger partial charge >= 0.3 is 0 Å². The molecule has 0 radical (unpaired) electrons. The SMILES string of the molecule is Cc1cc(C)cc(-c2noc(Br)c2C=O)c1. The van der Waals surface area contributed by atoms with Gasteiger partial charge in [0.05, 0.1) is 5.56 Å². The second-order valence-electron chi connectivity index (χ2n) is 3.71. The van der Waals surface area contributed by atoms with E-state index in [0.29, 0.717) is 15.9 Å². The fourth-order valence-electron chi connectivity index (χ4n) is 1.70. The van der Waals surface area contributed by atoms with Gasteiger partial charge in [-0.2, -0.15) is 0 Å². The molecular weight excluding hydrogens is 270 g/mol. The minimum Gasteiger partial charge on any atom is -0.348 e. The predicted octanol–water partition coefficient (Wildman–Crippen LogP) is 3.53. The van der Waals surface area contributed by atoms with Crippen molar-refractivity contribution in [1.82, 2.24) is 5.16 Å². The van der Waals surface area contributed by atoms with Crippen LogP contribution in [0.2, 0.25) is 0 Å². The molecule has 0 N–H and O–H groups in total. The fourth-order valence-corrected chi connectivity index (χ4v) is 2.05. The Morgan fingerprint density at radius 2 is 1.88 bits per heavy atom. The second kappa shape index (κ2) is 4.22. The Morgan fingerprint density at radius 3 is 2.44 bits per heavy atom. The molecule has 2 aromatic rings. The number of aldehydes is 1. The van der Waals surface area contributed by atoms with Crippen LogP contribution in [0.3, 0.4) is 0 Å². The quantitative estimate of drug-likeness (QED) is 0.790. The van der Waals surface area contributed by atoms with E-state index in [0.717, 1.165) is 23.0 Å². The molecule has 0 bridgehead atoms. The van der Waals surface area contributed by atoms with Crippen LogP contribution in [0, 0.1) is 13.8 Å². The summed E-state index contributed by atoms with van der Waals surface area (Å²) in [5, 5.41) is 3.89. The van der Waals surface area contributed by atoms with Gasteiger partial charge in [0.1, 0.15) is 5.69 Å². The van der Waals surface area contributed by atoms with E-state index in [1.807, 2.05) is 26.0 Å². The maximum absolute atomic E-state index is 10.9. The van der Waals surface area contributed by atoms with Crippen LogP contribution in [-0.2, 0) is 0 Å². The summed E-state index contributed by atoms with van der Waals surface area (Å²) >= 11 is 3.15. The first-order chi connectivity index (χ1) is 7.61. The molecular formula is C12H10BrNO2. The molecule has 82 valence electrons. The van der Waals surface area contributed by atoms with Gasteiger partial charge < -0.3 is 4.52 Å². The summed E-state index contributed by atoms with van der Waals surface area (Å²) in [4.78, 5) is 10.9. The van der Waals surface area contributed by atoms with E-state index in [-0.39, 0.29) is 0 Å². The molecule has 0 aliphatic carbocycles. The Labute approximate surface area is 102 Å². The van der Waals surface area contributed by atoms with E-state index in [1.54, 1.807) is 0 Å². The topological polar surface area (TPSA) is 43.1 Å². The molecule has 0 unspecified atom stereocenters. The van der Waals surface area contributed by atoms with E-state index in [2.05, 4.69) is 27.2 Å². The summed E-state index contributed by atoms with van der Waals surface area (Å²) < 4.78 is 5.33. The molecule has 1 aromatic heterocycles. The third-order valence-corrected chi connectivity index (χ3v) is 2.87. The van der Waals surface area contributed by atoms with Gasteiger partial charge in [0.2, 0.25) is 4.67 Å². The van der Waals surface area contributed by atoms with Crippen molar-refractivity contribution in [3.63, 3.8) is 0 Å². The Kier molecular flexibility index (Phi) is 2.92. The highest BCUT2D eigenvalue weighted by Gasteiger charge is 2.15. The molecule has 0 saturated carbocycles. The highest BCUT2D eigenvalue weighted by Crippen LogP contribution is 2.28. The average molecular weight is 280 g/mol. The van der Waals surface area contributed by atoms with Crippen LogP contribution in [-0.4, -0.2) is 11.4 Å². The first-order valence-corrected chi connectivity index (χ1v) is 5.60. The highest BCUT2D eigenvalue weighted by molar-refractivity contribution is 9.10. The summed E-state index contributed by atoms with van der Waals surface area (Å²) in [5.41, 5.74) is 4.18. The first-order valence-electron chi connectivity index (χ1n) is 4.81. The van der Waals surface area contributed by atoms with Crippen LogP contribution >= 0.6 is 15.9 Å². The van der Waals surface area contributed by atoms with Crippen LogP contribution < -0.4 is 0 Å². The van der Waals surface area contributed by atoms with Crippen molar-refractivity contribution in [2.24, 2.45) is 0 Å². The summed E-state index contributed by atoms with van der Waals surface area (Å²) in [6, 6.07) is 6.02. The number of rotatable bonds is 2. The van der Waals surface area contributed by atoms with E-state index >= 15 is 0 Å². The molecule has 3 nitrogen and oxygen atoms in total. The van der Waals surface area contributed by atoms with E-state index in [4.69, 9.17) is 4.52 Å². The summed E-state index contributed by atoms with van der Waals surface area (Å²) in [6.07, 6.45) is 0.744.